The van der Waals surface area contributed by atoms with Crippen molar-refractivity contribution >= 4 is 5.65 Å². The van der Waals surface area contributed by atoms with Crippen molar-refractivity contribution in [1.29, 1.82) is 0 Å². The summed E-state index contributed by atoms with van der Waals surface area (Å²) in [4.78, 5) is 6.64. The van der Waals surface area contributed by atoms with E-state index in [4.69, 9.17) is 5.11 Å². The lowest BCUT2D eigenvalue weighted by Gasteiger charge is -2.21. The normalized spacial score (nSPS) is 13.5. The Morgan fingerprint density at radius 1 is 1.41 bits per heavy atom. The number of hydrogen-bond acceptors (Lipinski definition) is 3. The predicted molar refractivity (Wildman–Crippen MR) is 67.9 cm³/mol. The zero-order valence-corrected chi connectivity index (χ0v) is 10.6. The Labute approximate surface area is 102 Å². The molecule has 2 aromatic rings. The standard InChI is InChI=1S/C13H19N3O/c1-10-4-5-13-14-12(8-16(13)6-10)7-15(3)11(2)9-17/h4-6,8,11,17H,7,9H2,1-3H3. The number of likely N-dealkylation sites (N-methyl/N-ethyl adjacent to an activating group) is 1. The largest absolute Gasteiger partial charge is 0.395 e. The molecule has 0 bridgehead atoms. The monoisotopic (exact) mass is 233 g/mol. The number of aryl methyl sites for hydroxylation is 1. The minimum absolute atomic E-state index is 0.154. The number of pyridine rings is 1. The van der Waals surface area contributed by atoms with Crippen molar-refractivity contribution in [3.63, 3.8) is 0 Å². The van der Waals surface area contributed by atoms with E-state index in [0.717, 1.165) is 17.9 Å². The van der Waals surface area contributed by atoms with Crippen LogP contribution in [-0.2, 0) is 6.54 Å². The van der Waals surface area contributed by atoms with Gasteiger partial charge in [0, 0.05) is 25.0 Å². The summed E-state index contributed by atoms with van der Waals surface area (Å²) in [5.74, 6) is 0. The van der Waals surface area contributed by atoms with Gasteiger partial charge >= 0.3 is 0 Å². The van der Waals surface area contributed by atoms with Crippen LogP contribution in [0.1, 0.15) is 18.2 Å². The first-order valence-electron chi connectivity index (χ1n) is 5.85. The molecule has 0 aliphatic heterocycles. The number of rotatable bonds is 4. The highest BCUT2D eigenvalue weighted by atomic mass is 16.3. The number of fused-ring (bicyclic) bond motifs is 1. The van der Waals surface area contributed by atoms with Gasteiger partial charge < -0.3 is 9.51 Å². The summed E-state index contributed by atoms with van der Waals surface area (Å²) in [5, 5.41) is 9.09. The van der Waals surface area contributed by atoms with Gasteiger partial charge in [0.2, 0.25) is 0 Å². The smallest absolute Gasteiger partial charge is 0.137 e. The highest BCUT2D eigenvalue weighted by Gasteiger charge is 2.10. The molecule has 2 heterocycles. The van der Waals surface area contributed by atoms with E-state index >= 15 is 0 Å². The van der Waals surface area contributed by atoms with E-state index in [-0.39, 0.29) is 12.6 Å². The van der Waals surface area contributed by atoms with Crippen molar-refractivity contribution in [2.45, 2.75) is 26.4 Å². The lowest BCUT2D eigenvalue weighted by Crippen LogP contribution is -2.31. The van der Waals surface area contributed by atoms with Crippen LogP contribution < -0.4 is 0 Å². The van der Waals surface area contributed by atoms with E-state index in [1.54, 1.807) is 0 Å². The predicted octanol–water partition coefficient (Wildman–Crippen LogP) is 1.46. The van der Waals surface area contributed by atoms with Crippen molar-refractivity contribution in [2.75, 3.05) is 13.7 Å². The van der Waals surface area contributed by atoms with Gasteiger partial charge in [0.1, 0.15) is 5.65 Å². The number of aliphatic hydroxyl groups is 1. The van der Waals surface area contributed by atoms with E-state index in [1.807, 2.05) is 30.6 Å². The molecule has 0 fully saturated rings. The molecule has 92 valence electrons. The Kier molecular flexibility index (Phi) is 3.45. The summed E-state index contributed by atoms with van der Waals surface area (Å²) in [6.07, 6.45) is 4.12. The van der Waals surface area contributed by atoms with E-state index < -0.39 is 0 Å². The zero-order chi connectivity index (χ0) is 12.4. The average Bonchev–Trinajstić information content (AvgIpc) is 2.69. The molecule has 0 spiro atoms. The molecule has 0 saturated carbocycles. The van der Waals surface area contributed by atoms with Gasteiger partial charge in [0.15, 0.2) is 0 Å². The molecule has 4 nitrogen and oxygen atoms in total. The Balaban J connectivity index is 2.19. The van der Waals surface area contributed by atoms with E-state index in [0.29, 0.717) is 0 Å². The zero-order valence-electron chi connectivity index (χ0n) is 10.6. The van der Waals surface area contributed by atoms with Crippen LogP contribution >= 0.6 is 0 Å². The molecular weight excluding hydrogens is 214 g/mol. The molecule has 17 heavy (non-hydrogen) atoms. The fourth-order valence-electron chi connectivity index (χ4n) is 1.78. The van der Waals surface area contributed by atoms with Crippen LogP contribution in [0.5, 0.6) is 0 Å². The van der Waals surface area contributed by atoms with Gasteiger partial charge in [-0.15, -0.1) is 0 Å². The SMILES string of the molecule is Cc1ccc2nc(CN(C)C(C)CO)cn2c1. The fraction of sp³-hybridized carbons (Fsp3) is 0.462. The van der Waals surface area contributed by atoms with Crippen LogP contribution in [0, 0.1) is 6.92 Å². The second-order valence-corrected chi connectivity index (χ2v) is 4.65. The second kappa shape index (κ2) is 4.85. The highest BCUT2D eigenvalue weighted by Crippen LogP contribution is 2.09. The number of nitrogens with zero attached hydrogens (tertiary/aromatic N) is 3. The molecule has 0 aliphatic carbocycles. The lowest BCUT2D eigenvalue weighted by molar-refractivity contribution is 0.153. The number of aromatic nitrogens is 2. The van der Waals surface area contributed by atoms with Crippen molar-refractivity contribution in [2.24, 2.45) is 0 Å². The van der Waals surface area contributed by atoms with E-state index in [9.17, 15) is 0 Å². The summed E-state index contributed by atoms with van der Waals surface area (Å²) in [6, 6.07) is 4.24. The quantitative estimate of drug-likeness (QED) is 0.869. The maximum absolute atomic E-state index is 9.09. The van der Waals surface area contributed by atoms with E-state index in [1.165, 1.54) is 5.56 Å². The first kappa shape index (κ1) is 12.1. The van der Waals surface area contributed by atoms with Crippen LogP contribution in [-0.4, -0.2) is 39.1 Å². The van der Waals surface area contributed by atoms with Crippen molar-refractivity contribution in [1.82, 2.24) is 14.3 Å². The van der Waals surface area contributed by atoms with Crippen LogP contribution in [0.15, 0.2) is 24.5 Å². The summed E-state index contributed by atoms with van der Waals surface area (Å²) < 4.78 is 2.04. The molecule has 2 rings (SSSR count). The maximum atomic E-state index is 9.09. The molecule has 0 aliphatic rings. The van der Waals surface area contributed by atoms with Crippen molar-refractivity contribution < 1.29 is 5.11 Å². The molecule has 1 N–H and O–H groups in total. The van der Waals surface area contributed by atoms with Crippen LogP contribution in [0.3, 0.4) is 0 Å². The Morgan fingerprint density at radius 3 is 2.88 bits per heavy atom. The third kappa shape index (κ3) is 2.65. The Bertz CT molecular complexity index is 506. The highest BCUT2D eigenvalue weighted by molar-refractivity contribution is 5.41. The summed E-state index contributed by atoms with van der Waals surface area (Å²) in [6.45, 7) is 4.99. The Morgan fingerprint density at radius 2 is 2.18 bits per heavy atom. The van der Waals surface area contributed by atoms with Crippen molar-refractivity contribution in [3.05, 3.63) is 35.8 Å². The molecule has 4 heteroatoms. The Hall–Kier alpha value is -1.39. The summed E-state index contributed by atoms with van der Waals surface area (Å²) in [5.41, 5.74) is 3.22. The summed E-state index contributed by atoms with van der Waals surface area (Å²) >= 11 is 0. The molecule has 1 atom stereocenters. The molecule has 0 aromatic carbocycles. The molecular formula is C13H19N3O. The van der Waals surface area contributed by atoms with Gasteiger partial charge in [-0.2, -0.15) is 0 Å². The number of imidazole rings is 1. The van der Waals surface area contributed by atoms with Crippen LogP contribution in [0.25, 0.3) is 5.65 Å². The number of aliphatic hydroxyl groups excluding tert-OH is 1. The van der Waals surface area contributed by atoms with Gasteiger partial charge in [-0.05, 0) is 32.5 Å². The van der Waals surface area contributed by atoms with Crippen LogP contribution in [0.2, 0.25) is 0 Å². The summed E-state index contributed by atoms with van der Waals surface area (Å²) in [7, 11) is 2.00. The fourth-order valence-corrected chi connectivity index (χ4v) is 1.78. The van der Waals surface area contributed by atoms with Gasteiger partial charge in [-0.1, -0.05) is 6.07 Å². The average molecular weight is 233 g/mol. The van der Waals surface area contributed by atoms with E-state index in [2.05, 4.69) is 29.1 Å². The molecule has 1 unspecified atom stereocenters. The molecule has 0 amide bonds. The van der Waals surface area contributed by atoms with Crippen molar-refractivity contribution in [3.8, 4) is 0 Å². The first-order valence-corrected chi connectivity index (χ1v) is 5.85. The minimum atomic E-state index is 0.154. The van der Waals surface area contributed by atoms with Gasteiger partial charge in [0.05, 0.1) is 12.3 Å². The third-order valence-corrected chi connectivity index (χ3v) is 3.08. The molecule has 2 aromatic heterocycles. The maximum Gasteiger partial charge on any atom is 0.137 e. The topological polar surface area (TPSA) is 40.8 Å². The third-order valence-electron chi connectivity index (χ3n) is 3.08. The van der Waals surface area contributed by atoms with Crippen LogP contribution in [0.4, 0.5) is 0 Å². The van der Waals surface area contributed by atoms with Gasteiger partial charge in [0.25, 0.3) is 0 Å². The number of hydrogen-bond donors (Lipinski definition) is 1. The van der Waals surface area contributed by atoms with Gasteiger partial charge in [-0.3, -0.25) is 4.90 Å². The molecule has 0 radical (unpaired) electrons. The molecule has 0 saturated heterocycles. The second-order valence-electron chi connectivity index (χ2n) is 4.65. The first-order chi connectivity index (χ1) is 8.10. The van der Waals surface area contributed by atoms with Gasteiger partial charge in [-0.25, -0.2) is 4.98 Å². The lowest BCUT2D eigenvalue weighted by atomic mass is 10.3. The minimum Gasteiger partial charge on any atom is -0.395 e.